The molecule has 0 bridgehead atoms. The third kappa shape index (κ3) is 5.94. The van der Waals surface area contributed by atoms with E-state index in [-0.39, 0.29) is 12.3 Å². The van der Waals surface area contributed by atoms with Crippen molar-refractivity contribution in [3.63, 3.8) is 0 Å². The first kappa shape index (κ1) is 21.7. The average molecular weight is 397 g/mol. The number of hydrogen-bond acceptors (Lipinski definition) is 3. The minimum Gasteiger partial charge on any atom is -0.357 e. The van der Waals surface area contributed by atoms with Crippen molar-refractivity contribution in [2.45, 2.75) is 46.1 Å². The molecule has 0 aliphatic rings. The van der Waals surface area contributed by atoms with Gasteiger partial charge in [-0.25, -0.2) is 4.79 Å². The van der Waals surface area contributed by atoms with Gasteiger partial charge in [-0.1, -0.05) is 50.7 Å². The van der Waals surface area contributed by atoms with Crippen LogP contribution < -0.4 is 11.2 Å². The van der Waals surface area contributed by atoms with Gasteiger partial charge in [0, 0.05) is 23.2 Å². The molecule has 0 atom stereocenters. The summed E-state index contributed by atoms with van der Waals surface area (Å²) in [6.45, 7) is 12.5. The van der Waals surface area contributed by atoms with Crippen molar-refractivity contribution in [1.29, 1.82) is 0 Å². The summed E-state index contributed by atoms with van der Waals surface area (Å²) in [5, 5.41) is 0. The highest BCUT2D eigenvalue weighted by molar-refractivity contribution is 6.83. The van der Waals surface area contributed by atoms with E-state index in [1.54, 1.807) is 6.08 Å². The number of hydrogen-bond donors (Lipinski definition) is 1. The van der Waals surface area contributed by atoms with Crippen LogP contribution in [0.25, 0.3) is 0 Å². The van der Waals surface area contributed by atoms with Gasteiger partial charge in [0.2, 0.25) is 0 Å². The molecule has 148 valence electrons. The first-order valence-electron chi connectivity index (χ1n) is 9.40. The van der Waals surface area contributed by atoms with Crippen molar-refractivity contribution in [3.8, 4) is 11.5 Å². The number of aromatic amines is 1. The SMILES string of the molecule is C=CCOCn1c(Cc2cccc(C#C[Si](C)(C)C)c2)c(CC)c(=O)[nH]c1=O. The van der Waals surface area contributed by atoms with Crippen LogP contribution in [0.5, 0.6) is 0 Å². The summed E-state index contributed by atoms with van der Waals surface area (Å²) in [6, 6.07) is 7.95. The van der Waals surface area contributed by atoms with E-state index in [0.29, 0.717) is 30.7 Å². The molecule has 0 amide bonds. The molecule has 0 spiro atoms. The maximum Gasteiger partial charge on any atom is 0.330 e. The van der Waals surface area contributed by atoms with Gasteiger partial charge in [-0.05, 0) is 24.1 Å². The standard InChI is InChI=1S/C22H28N2O3Si/c1-6-12-27-16-24-20(19(7-2)21(25)23-22(24)26)15-18-10-8-9-17(14-18)11-13-28(3,4)5/h6,8-10,14H,1,7,12,15-16H2,2-5H3,(H,23,25,26). The number of ether oxygens (including phenoxy) is 1. The average Bonchev–Trinajstić information content (AvgIpc) is 2.62. The van der Waals surface area contributed by atoms with Gasteiger partial charge in [0.1, 0.15) is 14.8 Å². The fourth-order valence-corrected chi connectivity index (χ4v) is 3.32. The van der Waals surface area contributed by atoms with Crippen LogP contribution in [0.2, 0.25) is 19.6 Å². The predicted molar refractivity (Wildman–Crippen MR) is 116 cm³/mol. The van der Waals surface area contributed by atoms with Crippen LogP contribution in [0.1, 0.15) is 29.3 Å². The molecule has 0 saturated carbocycles. The lowest BCUT2D eigenvalue weighted by Gasteiger charge is -2.16. The molecule has 28 heavy (non-hydrogen) atoms. The number of H-pyrrole nitrogens is 1. The Morgan fingerprint density at radius 2 is 2.04 bits per heavy atom. The number of benzene rings is 1. The number of aromatic nitrogens is 2. The Labute approximate surface area is 167 Å². The van der Waals surface area contributed by atoms with Crippen molar-refractivity contribution in [3.05, 3.63) is 80.1 Å². The maximum absolute atomic E-state index is 12.4. The Kier molecular flexibility index (Phi) is 7.38. The number of nitrogens with one attached hydrogen (secondary N) is 1. The van der Waals surface area contributed by atoms with Crippen molar-refractivity contribution in [2.75, 3.05) is 6.61 Å². The van der Waals surface area contributed by atoms with Gasteiger partial charge in [0.25, 0.3) is 5.56 Å². The van der Waals surface area contributed by atoms with Crippen LogP contribution in [-0.4, -0.2) is 24.2 Å². The van der Waals surface area contributed by atoms with E-state index in [0.717, 1.165) is 11.1 Å². The predicted octanol–water partition coefficient (Wildman–Crippen LogP) is 3.08. The van der Waals surface area contributed by atoms with Crippen LogP contribution in [0.15, 0.2) is 46.5 Å². The zero-order chi connectivity index (χ0) is 20.7. The zero-order valence-corrected chi connectivity index (χ0v) is 18.1. The molecule has 0 unspecified atom stereocenters. The van der Waals surface area contributed by atoms with Gasteiger partial charge in [-0.3, -0.25) is 14.3 Å². The zero-order valence-electron chi connectivity index (χ0n) is 17.1. The van der Waals surface area contributed by atoms with E-state index in [9.17, 15) is 9.59 Å². The molecule has 6 heteroatoms. The van der Waals surface area contributed by atoms with Gasteiger partial charge >= 0.3 is 5.69 Å². The first-order chi connectivity index (χ1) is 13.2. The Bertz CT molecular complexity index is 1020. The van der Waals surface area contributed by atoms with Crippen molar-refractivity contribution < 1.29 is 4.74 Å². The van der Waals surface area contributed by atoms with Crippen LogP contribution in [-0.2, 0) is 24.3 Å². The topological polar surface area (TPSA) is 64.1 Å². The summed E-state index contributed by atoms with van der Waals surface area (Å²) in [5.41, 5.74) is 5.78. The number of rotatable bonds is 7. The van der Waals surface area contributed by atoms with E-state index >= 15 is 0 Å². The lowest BCUT2D eigenvalue weighted by atomic mass is 10.0. The first-order valence-corrected chi connectivity index (χ1v) is 12.9. The summed E-state index contributed by atoms with van der Waals surface area (Å²) < 4.78 is 6.96. The molecular weight excluding hydrogens is 368 g/mol. The van der Waals surface area contributed by atoms with Gasteiger partial charge in [-0.15, -0.1) is 12.1 Å². The van der Waals surface area contributed by atoms with Crippen LogP contribution in [0.3, 0.4) is 0 Å². The Hall–Kier alpha value is -2.62. The molecule has 1 heterocycles. The summed E-state index contributed by atoms with van der Waals surface area (Å²) >= 11 is 0. The Morgan fingerprint density at radius 1 is 1.29 bits per heavy atom. The fourth-order valence-electron chi connectivity index (χ4n) is 2.80. The minimum atomic E-state index is -1.47. The quantitative estimate of drug-likeness (QED) is 0.339. The van der Waals surface area contributed by atoms with E-state index in [1.807, 2.05) is 31.2 Å². The van der Waals surface area contributed by atoms with E-state index in [4.69, 9.17) is 4.74 Å². The van der Waals surface area contributed by atoms with Crippen molar-refractivity contribution in [2.24, 2.45) is 0 Å². The van der Waals surface area contributed by atoms with Crippen LogP contribution >= 0.6 is 0 Å². The summed E-state index contributed by atoms with van der Waals surface area (Å²) in [5.74, 6) is 3.26. The third-order valence-electron chi connectivity index (χ3n) is 4.10. The molecule has 0 aliphatic heterocycles. The molecular formula is C22H28N2O3Si. The monoisotopic (exact) mass is 396 g/mol. The molecule has 2 aromatic rings. The Morgan fingerprint density at radius 3 is 2.68 bits per heavy atom. The fraction of sp³-hybridized carbons (Fsp3) is 0.364. The largest absolute Gasteiger partial charge is 0.357 e. The van der Waals surface area contributed by atoms with E-state index in [1.165, 1.54) is 4.57 Å². The van der Waals surface area contributed by atoms with Gasteiger partial charge in [0.05, 0.1) is 6.61 Å². The van der Waals surface area contributed by atoms with Crippen molar-refractivity contribution in [1.82, 2.24) is 9.55 Å². The van der Waals surface area contributed by atoms with Crippen LogP contribution in [0.4, 0.5) is 0 Å². The lowest BCUT2D eigenvalue weighted by Crippen LogP contribution is -2.36. The summed E-state index contributed by atoms with van der Waals surface area (Å²) in [7, 11) is -1.47. The second-order valence-corrected chi connectivity index (χ2v) is 12.4. The highest BCUT2D eigenvalue weighted by atomic mass is 28.3. The lowest BCUT2D eigenvalue weighted by molar-refractivity contribution is 0.0943. The molecule has 0 fully saturated rings. The molecule has 1 aromatic carbocycles. The molecule has 5 nitrogen and oxygen atoms in total. The van der Waals surface area contributed by atoms with Gasteiger partial charge < -0.3 is 4.74 Å². The van der Waals surface area contributed by atoms with Gasteiger partial charge in [-0.2, -0.15) is 0 Å². The molecule has 0 aliphatic carbocycles. The smallest absolute Gasteiger partial charge is 0.330 e. The number of nitrogens with zero attached hydrogens (tertiary/aromatic N) is 1. The maximum atomic E-state index is 12.4. The van der Waals surface area contributed by atoms with Crippen LogP contribution in [0, 0.1) is 11.5 Å². The molecule has 1 N–H and O–H groups in total. The second-order valence-electron chi connectivity index (χ2n) is 7.63. The normalized spacial score (nSPS) is 11.0. The van der Waals surface area contributed by atoms with Crippen molar-refractivity contribution >= 4 is 8.07 Å². The molecule has 1 aromatic heterocycles. The Balaban J connectivity index is 2.47. The second kappa shape index (κ2) is 9.54. The highest BCUT2D eigenvalue weighted by Crippen LogP contribution is 2.13. The highest BCUT2D eigenvalue weighted by Gasteiger charge is 2.14. The molecule has 2 rings (SSSR count). The molecule has 0 radical (unpaired) electrons. The minimum absolute atomic E-state index is 0.0685. The van der Waals surface area contributed by atoms with E-state index in [2.05, 4.69) is 42.7 Å². The van der Waals surface area contributed by atoms with E-state index < -0.39 is 13.8 Å². The molecule has 0 saturated heterocycles. The summed E-state index contributed by atoms with van der Waals surface area (Å²) in [4.78, 5) is 27.1. The summed E-state index contributed by atoms with van der Waals surface area (Å²) in [6.07, 6.45) is 2.61. The van der Waals surface area contributed by atoms with Gasteiger partial charge in [0.15, 0.2) is 0 Å². The third-order valence-corrected chi connectivity index (χ3v) is 4.98.